The predicted octanol–water partition coefficient (Wildman–Crippen LogP) is 2.46. The Kier molecular flexibility index (Phi) is 2.70. The molecule has 0 heterocycles. The molecule has 0 aliphatic rings. The summed E-state index contributed by atoms with van der Waals surface area (Å²) < 4.78 is 0. The van der Waals surface area contributed by atoms with Crippen molar-refractivity contribution in [1.29, 1.82) is 0 Å². The number of phenolic OH excluding ortho intramolecular Hbond substituents is 1. The van der Waals surface area contributed by atoms with Crippen LogP contribution in [0, 0.1) is 0 Å². The molecule has 17 heavy (non-hydrogen) atoms. The summed E-state index contributed by atoms with van der Waals surface area (Å²) in [6, 6.07) is 11.7. The number of phenols is 2. The summed E-state index contributed by atoms with van der Waals surface area (Å²) in [5.74, 6) is -2.34. The van der Waals surface area contributed by atoms with Crippen molar-refractivity contribution < 1.29 is 20.1 Å². The second kappa shape index (κ2) is 4.17. The Bertz CT molecular complexity index is 561. The second-order valence-electron chi connectivity index (χ2n) is 3.56. The van der Waals surface area contributed by atoms with Crippen molar-refractivity contribution in [3.05, 3.63) is 48.0 Å². The third-order valence-electron chi connectivity index (χ3n) is 2.43. The predicted molar refractivity (Wildman–Crippen MR) is 62.2 cm³/mol. The molecule has 0 aromatic heterocycles. The molecule has 0 saturated heterocycles. The number of hydrogen-bond acceptors (Lipinski definition) is 3. The summed E-state index contributed by atoms with van der Waals surface area (Å²) >= 11 is 0. The Labute approximate surface area is 97.4 Å². The minimum atomic E-state index is -1.28. The smallest absolute Gasteiger partial charge is 0.339 e. The lowest BCUT2D eigenvalue weighted by Crippen LogP contribution is -1.97. The molecule has 0 unspecified atom stereocenters. The first-order valence-electron chi connectivity index (χ1n) is 4.94. The number of benzene rings is 2. The van der Waals surface area contributed by atoms with Crippen LogP contribution in [0.3, 0.4) is 0 Å². The highest BCUT2D eigenvalue weighted by Crippen LogP contribution is 2.34. The van der Waals surface area contributed by atoms with Gasteiger partial charge in [-0.3, -0.25) is 0 Å². The zero-order chi connectivity index (χ0) is 12.4. The van der Waals surface area contributed by atoms with Crippen molar-refractivity contribution in [3.8, 4) is 22.6 Å². The minimum Gasteiger partial charge on any atom is -0.504 e. The highest BCUT2D eigenvalue weighted by Gasteiger charge is 2.15. The number of carbonyl (C=O) groups is 1. The van der Waals surface area contributed by atoms with Crippen molar-refractivity contribution in [3.63, 3.8) is 0 Å². The van der Waals surface area contributed by atoms with Gasteiger partial charge in [-0.2, -0.15) is 0 Å². The lowest BCUT2D eigenvalue weighted by molar-refractivity contribution is 0.0693. The van der Waals surface area contributed by atoms with Crippen LogP contribution in [0.15, 0.2) is 42.5 Å². The number of carboxylic acid groups (broad SMARTS) is 1. The highest BCUT2D eigenvalue weighted by atomic mass is 16.4. The molecule has 0 atom stereocenters. The molecule has 0 spiro atoms. The standard InChI is InChI=1S/C13H10O4/c14-11-7-9(8-4-2-1-3-5-8)6-10(12(11)15)13(16)17/h1-7,14-15H,(H,16,17). The number of aromatic hydroxyl groups is 2. The molecule has 0 amide bonds. The van der Waals surface area contributed by atoms with Gasteiger partial charge in [0.25, 0.3) is 0 Å². The first kappa shape index (κ1) is 11.0. The van der Waals surface area contributed by atoms with Crippen LogP contribution in [-0.4, -0.2) is 21.3 Å². The van der Waals surface area contributed by atoms with E-state index >= 15 is 0 Å². The van der Waals surface area contributed by atoms with Gasteiger partial charge in [-0.25, -0.2) is 4.79 Å². The summed E-state index contributed by atoms with van der Waals surface area (Å²) in [5.41, 5.74) is 0.993. The molecule has 0 aliphatic heterocycles. The van der Waals surface area contributed by atoms with Gasteiger partial charge >= 0.3 is 5.97 Å². The van der Waals surface area contributed by atoms with Crippen molar-refractivity contribution in [2.75, 3.05) is 0 Å². The third-order valence-corrected chi connectivity index (χ3v) is 2.43. The van der Waals surface area contributed by atoms with E-state index < -0.39 is 17.5 Å². The lowest BCUT2D eigenvalue weighted by atomic mass is 10.0. The first-order valence-corrected chi connectivity index (χ1v) is 4.94. The van der Waals surface area contributed by atoms with E-state index in [2.05, 4.69) is 0 Å². The molecule has 0 aliphatic carbocycles. The molecule has 0 bridgehead atoms. The maximum atomic E-state index is 10.9. The van der Waals surface area contributed by atoms with E-state index in [1.165, 1.54) is 12.1 Å². The molecule has 2 aromatic carbocycles. The molecular weight excluding hydrogens is 220 g/mol. The van der Waals surface area contributed by atoms with Crippen LogP contribution in [0.25, 0.3) is 11.1 Å². The highest BCUT2D eigenvalue weighted by molar-refractivity contribution is 5.93. The van der Waals surface area contributed by atoms with Crippen LogP contribution in [0.4, 0.5) is 0 Å². The Morgan fingerprint density at radius 3 is 2.18 bits per heavy atom. The zero-order valence-electron chi connectivity index (χ0n) is 8.79. The first-order chi connectivity index (χ1) is 8.09. The van der Waals surface area contributed by atoms with E-state index in [9.17, 15) is 15.0 Å². The van der Waals surface area contributed by atoms with E-state index in [0.717, 1.165) is 5.56 Å². The van der Waals surface area contributed by atoms with E-state index in [1.54, 1.807) is 24.3 Å². The Hall–Kier alpha value is -2.49. The number of rotatable bonds is 2. The average Bonchev–Trinajstić information content (AvgIpc) is 2.33. The van der Waals surface area contributed by atoms with E-state index in [-0.39, 0.29) is 5.56 Å². The third kappa shape index (κ3) is 2.06. The van der Waals surface area contributed by atoms with Gasteiger partial charge in [0.05, 0.1) is 0 Å². The summed E-state index contributed by atoms with van der Waals surface area (Å²) in [7, 11) is 0. The topological polar surface area (TPSA) is 77.8 Å². The average molecular weight is 230 g/mol. The fraction of sp³-hybridized carbons (Fsp3) is 0. The fourth-order valence-electron chi connectivity index (χ4n) is 1.58. The van der Waals surface area contributed by atoms with Crippen molar-refractivity contribution in [2.45, 2.75) is 0 Å². The summed E-state index contributed by atoms with van der Waals surface area (Å²) in [5, 5.41) is 27.8. The molecule has 86 valence electrons. The Balaban J connectivity index is 2.61. The zero-order valence-corrected chi connectivity index (χ0v) is 8.79. The summed E-state index contributed by atoms with van der Waals surface area (Å²) in [6.07, 6.45) is 0. The van der Waals surface area contributed by atoms with Gasteiger partial charge in [0.1, 0.15) is 5.56 Å². The number of aromatic carboxylic acids is 1. The molecule has 0 radical (unpaired) electrons. The van der Waals surface area contributed by atoms with E-state index in [1.807, 2.05) is 6.07 Å². The largest absolute Gasteiger partial charge is 0.504 e. The van der Waals surface area contributed by atoms with Crippen LogP contribution in [0.2, 0.25) is 0 Å². The quantitative estimate of drug-likeness (QED) is 0.692. The van der Waals surface area contributed by atoms with E-state index in [0.29, 0.717) is 5.56 Å². The summed E-state index contributed by atoms with van der Waals surface area (Å²) in [6.45, 7) is 0. The maximum Gasteiger partial charge on any atom is 0.339 e. The van der Waals surface area contributed by atoms with Crippen LogP contribution in [0.5, 0.6) is 11.5 Å². The van der Waals surface area contributed by atoms with Gasteiger partial charge in [-0.05, 0) is 23.3 Å². The van der Waals surface area contributed by atoms with Gasteiger partial charge in [0, 0.05) is 0 Å². The van der Waals surface area contributed by atoms with Crippen LogP contribution in [0.1, 0.15) is 10.4 Å². The molecule has 2 rings (SSSR count). The van der Waals surface area contributed by atoms with E-state index in [4.69, 9.17) is 5.11 Å². The molecule has 4 nitrogen and oxygen atoms in total. The monoisotopic (exact) mass is 230 g/mol. The Morgan fingerprint density at radius 1 is 0.941 bits per heavy atom. The van der Waals surface area contributed by atoms with Gasteiger partial charge in [-0.15, -0.1) is 0 Å². The number of hydrogen-bond donors (Lipinski definition) is 3. The van der Waals surface area contributed by atoms with Crippen LogP contribution >= 0.6 is 0 Å². The molecule has 0 fully saturated rings. The molecule has 4 heteroatoms. The van der Waals surface area contributed by atoms with Crippen molar-refractivity contribution >= 4 is 5.97 Å². The minimum absolute atomic E-state index is 0.316. The molecule has 2 aromatic rings. The SMILES string of the molecule is O=C(O)c1cc(-c2ccccc2)cc(O)c1O. The molecule has 3 N–H and O–H groups in total. The van der Waals surface area contributed by atoms with Gasteiger partial charge in [0.15, 0.2) is 11.5 Å². The number of carboxylic acids is 1. The fourth-order valence-corrected chi connectivity index (χ4v) is 1.58. The maximum absolute atomic E-state index is 10.9. The summed E-state index contributed by atoms with van der Waals surface area (Å²) in [4.78, 5) is 10.9. The van der Waals surface area contributed by atoms with Crippen molar-refractivity contribution in [1.82, 2.24) is 0 Å². The van der Waals surface area contributed by atoms with Crippen LogP contribution < -0.4 is 0 Å². The van der Waals surface area contributed by atoms with Gasteiger partial charge < -0.3 is 15.3 Å². The van der Waals surface area contributed by atoms with Crippen molar-refractivity contribution in [2.24, 2.45) is 0 Å². The second-order valence-corrected chi connectivity index (χ2v) is 3.56. The Morgan fingerprint density at radius 2 is 1.59 bits per heavy atom. The van der Waals surface area contributed by atoms with Gasteiger partial charge in [0.2, 0.25) is 0 Å². The lowest BCUT2D eigenvalue weighted by Gasteiger charge is -2.07. The molecular formula is C13H10O4. The normalized spacial score (nSPS) is 10.1. The molecule has 0 saturated carbocycles. The van der Waals surface area contributed by atoms with Crippen LogP contribution in [-0.2, 0) is 0 Å². The van der Waals surface area contributed by atoms with Gasteiger partial charge in [-0.1, -0.05) is 30.3 Å².